The number of hydrogen-bond acceptors (Lipinski definition) is 6. The number of amides is 1. The van der Waals surface area contributed by atoms with Gasteiger partial charge in [-0.15, -0.1) is 11.3 Å². The molecule has 6 nitrogen and oxygen atoms in total. The summed E-state index contributed by atoms with van der Waals surface area (Å²) in [5.74, 6) is 1.28. The molecule has 25 heavy (non-hydrogen) atoms. The van der Waals surface area contributed by atoms with Gasteiger partial charge in [-0.05, 0) is 41.6 Å². The lowest BCUT2D eigenvalue weighted by Gasteiger charge is -2.26. The molecule has 3 rings (SSSR count). The van der Waals surface area contributed by atoms with Crippen molar-refractivity contribution in [1.82, 2.24) is 4.90 Å². The number of ether oxygens (including phenoxy) is 2. The van der Waals surface area contributed by atoms with Crippen LogP contribution in [0.5, 0.6) is 11.5 Å². The molecular weight excluding hydrogens is 340 g/mol. The highest BCUT2D eigenvalue weighted by Crippen LogP contribution is 2.24. The predicted molar refractivity (Wildman–Crippen MR) is 96.5 cm³/mol. The third kappa shape index (κ3) is 4.11. The van der Waals surface area contributed by atoms with E-state index in [9.17, 15) is 4.79 Å². The zero-order valence-electron chi connectivity index (χ0n) is 14.2. The van der Waals surface area contributed by atoms with Gasteiger partial charge in [0, 0.05) is 23.5 Å². The van der Waals surface area contributed by atoms with Gasteiger partial charge in [0.25, 0.3) is 5.91 Å². The summed E-state index contributed by atoms with van der Waals surface area (Å²) in [6, 6.07) is 7.46. The van der Waals surface area contributed by atoms with Crippen LogP contribution < -0.4 is 9.47 Å². The van der Waals surface area contributed by atoms with E-state index >= 15 is 0 Å². The second kappa shape index (κ2) is 8.02. The van der Waals surface area contributed by atoms with Crippen LogP contribution >= 0.6 is 11.3 Å². The van der Waals surface area contributed by atoms with E-state index in [1.165, 1.54) is 16.7 Å². The number of oxime groups is 1. The van der Waals surface area contributed by atoms with Crippen LogP contribution in [0.4, 0.5) is 0 Å². The summed E-state index contributed by atoms with van der Waals surface area (Å²) in [6.07, 6.45) is 2.42. The molecule has 2 heterocycles. The normalized spacial score (nSPS) is 13.6. The lowest BCUT2D eigenvalue weighted by molar-refractivity contribution is -0.137. The highest BCUT2D eigenvalue weighted by atomic mass is 32.1. The van der Waals surface area contributed by atoms with E-state index in [0.29, 0.717) is 18.0 Å². The topological polar surface area (TPSA) is 60.4 Å². The number of carbonyl (C=O) groups excluding carboxylic acids is 1. The van der Waals surface area contributed by atoms with Crippen molar-refractivity contribution in [2.24, 2.45) is 5.16 Å². The van der Waals surface area contributed by atoms with Crippen LogP contribution in [0.15, 0.2) is 34.8 Å². The largest absolute Gasteiger partial charge is 0.497 e. The first kappa shape index (κ1) is 17.3. The van der Waals surface area contributed by atoms with Crippen molar-refractivity contribution in [3.8, 4) is 11.5 Å². The second-order valence-corrected chi connectivity index (χ2v) is 6.55. The van der Waals surface area contributed by atoms with Gasteiger partial charge in [-0.1, -0.05) is 5.16 Å². The standard InChI is InChI=1S/C18H20N2O4S/c1-22-15-3-4-16(23-2)14(9-15)10-19-24-12-18(21)20-7-5-17-13(11-20)6-8-25-17/h3-4,6,8-10H,5,7,11-12H2,1-2H3/b19-10+. The van der Waals surface area contributed by atoms with Crippen molar-refractivity contribution in [3.05, 3.63) is 45.6 Å². The zero-order chi connectivity index (χ0) is 17.6. The summed E-state index contributed by atoms with van der Waals surface area (Å²) in [6.45, 7) is 1.29. The molecule has 132 valence electrons. The molecule has 0 atom stereocenters. The third-order valence-corrected chi connectivity index (χ3v) is 5.07. The van der Waals surface area contributed by atoms with E-state index in [1.807, 2.05) is 0 Å². The summed E-state index contributed by atoms with van der Waals surface area (Å²) in [5, 5.41) is 5.96. The molecule has 2 aromatic rings. The SMILES string of the molecule is COc1ccc(OC)c(/C=N/OCC(=O)N2CCc3sccc3C2)c1. The van der Waals surface area contributed by atoms with E-state index in [4.69, 9.17) is 14.3 Å². The highest BCUT2D eigenvalue weighted by Gasteiger charge is 2.21. The molecule has 1 amide bonds. The maximum atomic E-state index is 12.3. The number of nitrogens with zero attached hydrogens (tertiary/aromatic N) is 2. The Morgan fingerprint density at radius 3 is 3.00 bits per heavy atom. The van der Waals surface area contributed by atoms with Crippen molar-refractivity contribution in [2.45, 2.75) is 13.0 Å². The summed E-state index contributed by atoms with van der Waals surface area (Å²) in [5.41, 5.74) is 1.95. The first-order chi connectivity index (χ1) is 12.2. The average Bonchev–Trinajstić information content (AvgIpc) is 3.12. The van der Waals surface area contributed by atoms with E-state index in [-0.39, 0.29) is 12.5 Å². The molecule has 0 bridgehead atoms. The molecule has 1 aromatic heterocycles. The van der Waals surface area contributed by atoms with Crippen LogP contribution in [0.2, 0.25) is 0 Å². The Morgan fingerprint density at radius 1 is 1.32 bits per heavy atom. The molecule has 0 N–H and O–H groups in total. The first-order valence-electron chi connectivity index (χ1n) is 7.91. The fraction of sp³-hybridized carbons (Fsp3) is 0.333. The van der Waals surface area contributed by atoms with E-state index < -0.39 is 0 Å². The predicted octanol–water partition coefficient (Wildman–Crippen LogP) is 2.70. The number of fused-ring (bicyclic) bond motifs is 1. The van der Waals surface area contributed by atoms with Gasteiger partial charge in [-0.3, -0.25) is 4.79 Å². The Labute approximate surface area is 150 Å². The molecule has 0 spiro atoms. The summed E-state index contributed by atoms with van der Waals surface area (Å²) in [4.78, 5) is 20.6. The van der Waals surface area contributed by atoms with Gasteiger partial charge in [0.05, 0.1) is 20.4 Å². The van der Waals surface area contributed by atoms with Crippen LogP contribution in [0.1, 0.15) is 16.0 Å². The maximum absolute atomic E-state index is 12.3. The lowest BCUT2D eigenvalue weighted by Crippen LogP contribution is -2.37. The van der Waals surface area contributed by atoms with Crippen molar-refractivity contribution < 1.29 is 19.1 Å². The maximum Gasteiger partial charge on any atom is 0.263 e. The monoisotopic (exact) mass is 360 g/mol. The Kier molecular flexibility index (Phi) is 5.55. The Balaban J connectivity index is 1.54. The minimum atomic E-state index is -0.0811. The van der Waals surface area contributed by atoms with Gasteiger partial charge in [0.15, 0.2) is 6.61 Å². The number of hydrogen-bond donors (Lipinski definition) is 0. The molecule has 1 aliphatic heterocycles. The van der Waals surface area contributed by atoms with Gasteiger partial charge < -0.3 is 19.2 Å². The second-order valence-electron chi connectivity index (χ2n) is 5.55. The molecule has 0 saturated carbocycles. The summed E-state index contributed by atoms with van der Waals surface area (Å²) < 4.78 is 10.4. The molecule has 0 aliphatic carbocycles. The number of thiophene rings is 1. The summed E-state index contributed by atoms with van der Waals surface area (Å²) in [7, 11) is 3.17. The smallest absolute Gasteiger partial charge is 0.263 e. The zero-order valence-corrected chi connectivity index (χ0v) is 15.0. The molecule has 1 aromatic carbocycles. The van der Waals surface area contributed by atoms with Gasteiger partial charge in [-0.2, -0.15) is 0 Å². The number of methoxy groups -OCH3 is 2. The highest BCUT2D eigenvalue weighted by molar-refractivity contribution is 7.10. The van der Waals surface area contributed by atoms with Crippen molar-refractivity contribution in [3.63, 3.8) is 0 Å². The molecule has 0 unspecified atom stereocenters. The van der Waals surface area contributed by atoms with Gasteiger partial charge in [0.1, 0.15) is 11.5 Å². The lowest BCUT2D eigenvalue weighted by atomic mass is 10.1. The Hall–Kier alpha value is -2.54. The summed E-state index contributed by atoms with van der Waals surface area (Å²) >= 11 is 1.75. The number of carbonyl (C=O) groups is 1. The van der Waals surface area contributed by atoms with Gasteiger partial charge in [-0.25, -0.2) is 0 Å². The van der Waals surface area contributed by atoms with Crippen LogP contribution in [-0.2, 0) is 22.6 Å². The van der Waals surface area contributed by atoms with Crippen LogP contribution in [-0.4, -0.2) is 44.4 Å². The number of rotatable bonds is 6. The molecule has 1 aliphatic rings. The molecule has 0 saturated heterocycles. The fourth-order valence-corrected chi connectivity index (χ4v) is 3.57. The Bertz CT molecular complexity index is 772. The fourth-order valence-electron chi connectivity index (χ4n) is 2.68. The molecule has 0 radical (unpaired) electrons. The quantitative estimate of drug-likeness (QED) is 0.587. The van der Waals surface area contributed by atoms with Gasteiger partial charge >= 0.3 is 0 Å². The molecule has 0 fully saturated rings. The first-order valence-corrected chi connectivity index (χ1v) is 8.79. The Morgan fingerprint density at radius 2 is 2.20 bits per heavy atom. The average molecular weight is 360 g/mol. The minimum Gasteiger partial charge on any atom is -0.497 e. The van der Waals surface area contributed by atoms with Crippen molar-refractivity contribution >= 4 is 23.5 Å². The minimum absolute atomic E-state index is 0.0633. The van der Waals surface area contributed by atoms with Crippen LogP contribution in [0.3, 0.4) is 0 Å². The third-order valence-electron chi connectivity index (χ3n) is 4.05. The van der Waals surface area contributed by atoms with E-state index in [0.717, 1.165) is 18.5 Å². The molecular formula is C18H20N2O4S. The van der Waals surface area contributed by atoms with Gasteiger partial charge in [0.2, 0.25) is 0 Å². The van der Waals surface area contributed by atoms with Crippen molar-refractivity contribution in [2.75, 3.05) is 27.4 Å². The van der Waals surface area contributed by atoms with Crippen LogP contribution in [0.25, 0.3) is 0 Å². The number of benzene rings is 1. The molecule has 7 heteroatoms. The van der Waals surface area contributed by atoms with E-state index in [1.54, 1.807) is 48.7 Å². The van der Waals surface area contributed by atoms with Crippen LogP contribution in [0, 0.1) is 0 Å². The van der Waals surface area contributed by atoms with Crippen molar-refractivity contribution in [1.29, 1.82) is 0 Å². The van der Waals surface area contributed by atoms with E-state index in [2.05, 4.69) is 16.6 Å².